The Morgan fingerprint density at radius 1 is 1.24 bits per heavy atom. The molecule has 29 heavy (non-hydrogen) atoms. The molecule has 0 unspecified atom stereocenters. The fourth-order valence-electron chi connectivity index (χ4n) is 3.52. The third kappa shape index (κ3) is 6.52. The average Bonchev–Trinajstić information content (AvgIpc) is 2.75. The molecule has 162 valence electrons. The van der Waals surface area contributed by atoms with Crippen molar-refractivity contribution < 1.29 is 14.8 Å². The van der Waals surface area contributed by atoms with E-state index in [4.69, 9.17) is 0 Å². The smallest absolute Gasteiger partial charge is 0.246 e. The molecule has 10 nitrogen and oxygen atoms in total. The molecule has 0 radical (unpaired) electrons. The van der Waals surface area contributed by atoms with E-state index in [-0.39, 0.29) is 24.3 Å². The van der Waals surface area contributed by atoms with Crippen molar-refractivity contribution in [2.24, 2.45) is 17.8 Å². The number of hydrogen-bond acceptors (Lipinski definition) is 8. The van der Waals surface area contributed by atoms with Crippen molar-refractivity contribution >= 4 is 24.2 Å². The molecule has 1 heterocycles. The van der Waals surface area contributed by atoms with Gasteiger partial charge in [-0.05, 0) is 31.6 Å². The summed E-state index contributed by atoms with van der Waals surface area (Å²) in [5, 5.41) is 10.2. The molecule has 1 fully saturated rings. The molecule has 2 amide bonds. The highest BCUT2D eigenvalue weighted by Gasteiger charge is 2.32. The number of anilines is 2. The van der Waals surface area contributed by atoms with Gasteiger partial charge in [0.05, 0.1) is 12.5 Å². The lowest BCUT2D eigenvalue weighted by Gasteiger charge is -2.32. The van der Waals surface area contributed by atoms with Crippen molar-refractivity contribution in [3.05, 3.63) is 5.82 Å². The van der Waals surface area contributed by atoms with Crippen LogP contribution in [0.15, 0.2) is 0 Å². The maximum atomic E-state index is 12.9. The molecule has 1 atom stereocenters. The quantitative estimate of drug-likeness (QED) is 0.304. The molecule has 1 saturated carbocycles. The van der Waals surface area contributed by atoms with E-state index in [9.17, 15) is 14.8 Å². The van der Waals surface area contributed by atoms with Crippen LogP contribution in [0.4, 0.5) is 11.9 Å². The van der Waals surface area contributed by atoms with Crippen molar-refractivity contribution in [1.82, 2.24) is 25.4 Å². The first-order valence-corrected chi connectivity index (χ1v) is 10.3. The highest BCUT2D eigenvalue weighted by molar-refractivity contribution is 5.80. The minimum atomic E-state index is -0.518. The zero-order chi connectivity index (χ0) is 21.4. The largest absolute Gasteiger partial charge is 0.344 e. The standard InChI is InChI=1S/C19H33N7O3/c1-5-16-20-18(22-19(21-16)25(4)6-2)24-23-17(28)15(11-26(29)12-27)14-9-7-13(3)8-10-14/h12-15,29H,5-11H2,1-4H3,(H,23,28)(H,20,21,22,24)/t13?,14?,15-/m0/s1. The molecular formula is C19H33N7O3. The molecular weight excluding hydrogens is 374 g/mol. The van der Waals surface area contributed by atoms with Crippen molar-refractivity contribution in [3.63, 3.8) is 0 Å². The van der Waals surface area contributed by atoms with Crippen LogP contribution in [0.5, 0.6) is 0 Å². The SMILES string of the molecule is CCc1nc(NNC(=O)[C@@H](CN(O)C=O)C2CCC(C)CC2)nc(N(C)CC)n1. The van der Waals surface area contributed by atoms with E-state index in [0.29, 0.717) is 35.6 Å². The van der Waals surface area contributed by atoms with E-state index in [1.165, 1.54) is 0 Å². The van der Waals surface area contributed by atoms with E-state index >= 15 is 0 Å². The normalized spacial score (nSPS) is 19.9. The lowest BCUT2D eigenvalue weighted by Crippen LogP contribution is -2.44. The van der Waals surface area contributed by atoms with Crippen LogP contribution < -0.4 is 15.8 Å². The highest BCUT2D eigenvalue weighted by atomic mass is 16.5. The summed E-state index contributed by atoms with van der Waals surface area (Å²) in [5.41, 5.74) is 5.44. The number of nitrogens with one attached hydrogen (secondary N) is 2. The summed E-state index contributed by atoms with van der Waals surface area (Å²) in [7, 11) is 1.88. The van der Waals surface area contributed by atoms with Crippen LogP contribution in [0, 0.1) is 17.8 Å². The number of aryl methyl sites for hydroxylation is 1. The minimum absolute atomic E-state index is 0.0443. The predicted molar refractivity (Wildman–Crippen MR) is 109 cm³/mol. The Balaban J connectivity index is 2.09. The maximum Gasteiger partial charge on any atom is 0.246 e. The fraction of sp³-hybridized carbons (Fsp3) is 0.737. The van der Waals surface area contributed by atoms with Gasteiger partial charge in [-0.15, -0.1) is 0 Å². The van der Waals surface area contributed by atoms with Gasteiger partial charge in [-0.25, -0.2) is 5.06 Å². The molecule has 0 aromatic carbocycles. The van der Waals surface area contributed by atoms with Crippen LogP contribution in [-0.2, 0) is 16.0 Å². The predicted octanol–water partition coefficient (Wildman–Crippen LogP) is 1.62. The third-order valence-electron chi connectivity index (χ3n) is 5.57. The number of aromatic nitrogens is 3. The van der Waals surface area contributed by atoms with Gasteiger partial charge >= 0.3 is 0 Å². The summed E-state index contributed by atoms with van der Waals surface area (Å²) in [4.78, 5) is 38.7. The number of rotatable bonds is 10. The second-order valence-electron chi connectivity index (χ2n) is 7.71. The number of hydroxylamine groups is 2. The summed E-state index contributed by atoms with van der Waals surface area (Å²) in [6.07, 6.45) is 4.82. The van der Waals surface area contributed by atoms with E-state index in [2.05, 4.69) is 32.7 Å². The zero-order valence-corrected chi connectivity index (χ0v) is 17.8. The van der Waals surface area contributed by atoms with Gasteiger partial charge in [-0.2, -0.15) is 15.0 Å². The number of nitrogens with zero attached hydrogens (tertiary/aromatic N) is 5. The van der Waals surface area contributed by atoms with Crippen LogP contribution in [0.2, 0.25) is 0 Å². The number of amides is 2. The first-order chi connectivity index (χ1) is 13.9. The fourth-order valence-corrected chi connectivity index (χ4v) is 3.52. The summed E-state index contributed by atoms with van der Waals surface area (Å²) in [6, 6.07) is 0. The van der Waals surface area contributed by atoms with E-state index in [1.54, 1.807) is 0 Å². The van der Waals surface area contributed by atoms with Gasteiger partial charge in [0.15, 0.2) is 0 Å². The Bertz CT molecular complexity index is 680. The second-order valence-corrected chi connectivity index (χ2v) is 7.71. The Kier molecular flexibility index (Phi) is 8.56. The Morgan fingerprint density at radius 2 is 1.93 bits per heavy atom. The van der Waals surface area contributed by atoms with Crippen molar-refractivity contribution in [2.45, 2.75) is 52.9 Å². The minimum Gasteiger partial charge on any atom is -0.344 e. The van der Waals surface area contributed by atoms with Crippen molar-refractivity contribution in [3.8, 4) is 0 Å². The molecule has 3 N–H and O–H groups in total. The van der Waals surface area contributed by atoms with Crippen molar-refractivity contribution in [1.29, 1.82) is 0 Å². The molecule has 0 bridgehead atoms. The third-order valence-corrected chi connectivity index (χ3v) is 5.57. The molecule has 0 aliphatic heterocycles. The van der Waals surface area contributed by atoms with Gasteiger partial charge in [-0.3, -0.25) is 25.6 Å². The first kappa shape index (κ1) is 22.8. The summed E-state index contributed by atoms with van der Waals surface area (Å²) < 4.78 is 0. The van der Waals surface area contributed by atoms with Gasteiger partial charge in [-0.1, -0.05) is 26.7 Å². The molecule has 2 rings (SSSR count). The zero-order valence-electron chi connectivity index (χ0n) is 17.8. The number of hydrogen-bond donors (Lipinski definition) is 3. The molecule has 0 saturated heterocycles. The molecule has 1 aromatic heterocycles. The monoisotopic (exact) mass is 407 g/mol. The lowest BCUT2D eigenvalue weighted by molar-refractivity contribution is -0.156. The Labute approximate surface area is 172 Å². The van der Waals surface area contributed by atoms with Crippen LogP contribution in [0.25, 0.3) is 0 Å². The second kappa shape index (κ2) is 10.9. The first-order valence-electron chi connectivity index (χ1n) is 10.3. The summed E-state index contributed by atoms with van der Waals surface area (Å²) >= 11 is 0. The average molecular weight is 408 g/mol. The lowest BCUT2D eigenvalue weighted by atomic mass is 9.76. The summed E-state index contributed by atoms with van der Waals surface area (Å²) in [5.74, 6) is 1.33. The molecule has 1 aliphatic carbocycles. The highest BCUT2D eigenvalue weighted by Crippen LogP contribution is 2.33. The number of hydrazine groups is 1. The van der Waals surface area contributed by atoms with Crippen LogP contribution >= 0.6 is 0 Å². The van der Waals surface area contributed by atoms with Gasteiger partial charge in [0.1, 0.15) is 5.82 Å². The maximum absolute atomic E-state index is 12.9. The van der Waals surface area contributed by atoms with E-state index in [0.717, 1.165) is 32.2 Å². The topological polar surface area (TPSA) is 124 Å². The van der Waals surface area contributed by atoms with Gasteiger partial charge in [0, 0.05) is 20.0 Å². The van der Waals surface area contributed by atoms with Gasteiger partial charge in [0.25, 0.3) is 0 Å². The van der Waals surface area contributed by atoms with Crippen LogP contribution in [-0.4, -0.2) is 57.7 Å². The van der Waals surface area contributed by atoms with Gasteiger partial charge in [0.2, 0.25) is 24.2 Å². The van der Waals surface area contributed by atoms with Gasteiger partial charge < -0.3 is 4.90 Å². The molecule has 0 spiro atoms. The van der Waals surface area contributed by atoms with Crippen LogP contribution in [0.3, 0.4) is 0 Å². The molecule has 10 heteroatoms. The molecule has 1 aromatic rings. The Hall–Kier alpha value is -2.49. The number of carbonyl (C=O) groups excluding carboxylic acids is 2. The van der Waals surface area contributed by atoms with E-state index < -0.39 is 5.92 Å². The Morgan fingerprint density at radius 3 is 2.52 bits per heavy atom. The summed E-state index contributed by atoms with van der Waals surface area (Å²) in [6.45, 7) is 6.83. The molecule has 1 aliphatic rings. The van der Waals surface area contributed by atoms with Crippen LogP contribution in [0.1, 0.15) is 52.3 Å². The van der Waals surface area contributed by atoms with E-state index in [1.807, 2.05) is 25.8 Å². The number of carbonyl (C=O) groups is 2. The van der Waals surface area contributed by atoms with Crippen molar-refractivity contribution in [2.75, 3.05) is 30.5 Å².